The average Bonchev–Trinajstić information content (AvgIpc) is 3.42. The predicted octanol–water partition coefficient (Wildman–Crippen LogP) is 6.00. The number of allylic oxidation sites excluding steroid dienone is 1. The van der Waals surface area contributed by atoms with E-state index in [9.17, 15) is 9.59 Å². The fourth-order valence-electron chi connectivity index (χ4n) is 4.48. The Labute approximate surface area is 224 Å². The molecule has 4 aromatic rings. The molecule has 0 unspecified atom stereocenters. The largest absolute Gasteiger partial charge is 0.494 e. The number of hydrogen-bond acceptors (Lipinski definition) is 9. The number of Topliss-reactive ketones (excluding diaryl/α,β-unsaturated/α-hetero) is 1. The molecular formula is C30H26O9. The summed E-state index contributed by atoms with van der Waals surface area (Å²) in [5.41, 5.74) is 1.75. The number of esters is 1. The molecule has 0 radical (unpaired) electrons. The van der Waals surface area contributed by atoms with Gasteiger partial charge in [-0.2, -0.15) is 0 Å². The second-order valence-electron chi connectivity index (χ2n) is 8.54. The first-order chi connectivity index (χ1) is 18.9. The Bertz CT molecular complexity index is 1630. The van der Waals surface area contributed by atoms with Crippen LogP contribution in [0, 0.1) is 6.92 Å². The normalized spacial score (nSPS) is 13.3. The minimum absolute atomic E-state index is 0.0825. The lowest BCUT2D eigenvalue weighted by molar-refractivity contribution is 0.0734. The molecule has 0 amide bonds. The Hall–Kier alpha value is -4.92. The first-order valence-electron chi connectivity index (χ1n) is 12.1. The zero-order valence-corrected chi connectivity index (χ0v) is 22.1. The highest BCUT2D eigenvalue weighted by atomic mass is 16.5. The van der Waals surface area contributed by atoms with Crippen molar-refractivity contribution >= 4 is 28.8 Å². The highest BCUT2D eigenvalue weighted by Gasteiger charge is 2.29. The highest BCUT2D eigenvalue weighted by Crippen LogP contribution is 2.42. The molecule has 200 valence electrons. The smallest absolute Gasteiger partial charge is 0.347 e. The summed E-state index contributed by atoms with van der Waals surface area (Å²) in [5.74, 6) is 1.95. The van der Waals surface area contributed by atoms with Crippen LogP contribution in [0.3, 0.4) is 0 Å². The van der Waals surface area contributed by atoms with E-state index in [1.165, 1.54) is 27.4 Å². The third-order valence-electron chi connectivity index (χ3n) is 6.22. The van der Waals surface area contributed by atoms with E-state index in [0.717, 1.165) is 0 Å². The maximum Gasteiger partial charge on any atom is 0.347 e. The van der Waals surface area contributed by atoms with Gasteiger partial charge in [-0.05, 0) is 62.4 Å². The number of aryl methyl sites for hydroxylation is 1. The molecule has 9 nitrogen and oxygen atoms in total. The van der Waals surface area contributed by atoms with Crippen molar-refractivity contribution in [3.63, 3.8) is 0 Å². The van der Waals surface area contributed by atoms with Gasteiger partial charge in [-0.3, -0.25) is 4.79 Å². The summed E-state index contributed by atoms with van der Waals surface area (Å²) in [7, 11) is 4.52. The van der Waals surface area contributed by atoms with E-state index >= 15 is 0 Å². The van der Waals surface area contributed by atoms with Crippen molar-refractivity contribution < 1.29 is 42.4 Å². The first kappa shape index (κ1) is 25.7. The Balaban J connectivity index is 1.42. The number of methoxy groups -OCH3 is 3. The lowest BCUT2D eigenvalue weighted by atomic mass is 10.1. The van der Waals surface area contributed by atoms with Crippen LogP contribution in [0.1, 0.15) is 39.0 Å². The molecule has 0 atom stereocenters. The SMILES string of the molecule is CCOc1ccc2oc(C)c(C(=O)Oc3ccc4c(c3)O/C(=C\c3ccc(OC)c(OC)c3OC)C4=O)c2c1. The minimum atomic E-state index is -0.602. The molecule has 3 aromatic carbocycles. The highest BCUT2D eigenvalue weighted by molar-refractivity contribution is 6.15. The number of ether oxygens (including phenoxy) is 6. The summed E-state index contributed by atoms with van der Waals surface area (Å²) < 4.78 is 39.1. The van der Waals surface area contributed by atoms with Crippen LogP contribution < -0.4 is 28.4 Å². The quantitative estimate of drug-likeness (QED) is 0.154. The number of benzene rings is 3. The Morgan fingerprint density at radius 2 is 1.69 bits per heavy atom. The van der Waals surface area contributed by atoms with Crippen LogP contribution in [-0.2, 0) is 0 Å². The van der Waals surface area contributed by atoms with Gasteiger partial charge in [0.25, 0.3) is 0 Å². The number of ketones is 1. The second-order valence-corrected chi connectivity index (χ2v) is 8.54. The molecule has 0 saturated carbocycles. The molecule has 0 aliphatic carbocycles. The molecule has 5 rings (SSSR count). The fourth-order valence-corrected chi connectivity index (χ4v) is 4.48. The van der Waals surface area contributed by atoms with E-state index in [0.29, 0.717) is 63.0 Å². The fraction of sp³-hybridized carbons (Fsp3) is 0.200. The standard InChI is InChI=1S/C30H26O9/c1-6-36-18-9-12-22-21(14-18)26(16(2)37-22)30(32)38-19-8-10-20-24(15-19)39-25(27(20)31)13-17-7-11-23(33-3)29(35-5)28(17)34-4/h7-15H,6H2,1-5H3/b25-13-. The van der Waals surface area contributed by atoms with Gasteiger partial charge in [-0.25, -0.2) is 4.79 Å². The van der Waals surface area contributed by atoms with Gasteiger partial charge in [-0.1, -0.05) is 0 Å². The lowest BCUT2D eigenvalue weighted by Gasteiger charge is -2.14. The molecule has 2 heterocycles. The van der Waals surface area contributed by atoms with Gasteiger partial charge in [0.15, 0.2) is 17.3 Å². The van der Waals surface area contributed by atoms with Crippen molar-refractivity contribution in [2.24, 2.45) is 0 Å². The number of furan rings is 1. The molecule has 0 N–H and O–H groups in total. The lowest BCUT2D eigenvalue weighted by Crippen LogP contribution is -2.09. The molecule has 1 aliphatic rings. The maximum atomic E-state index is 13.2. The van der Waals surface area contributed by atoms with Crippen LogP contribution >= 0.6 is 0 Å². The zero-order chi connectivity index (χ0) is 27.7. The van der Waals surface area contributed by atoms with Gasteiger partial charge < -0.3 is 32.8 Å². The van der Waals surface area contributed by atoms with Gasteiger partial charge >= 0.3 is 5.97 Å². The van der Waals surface area contributed by atoms with Crippen molar-refractivity contribution in [3.8, 4) is 34.5 Å². The number of rotatable bonds is 8. The summed E-state index contributed by atoms with van der Waals surface area (Å²) in [4.78, 5) is 26.2. The van der Waals surface area contributed by atoms with Crippen molar-refractivity contribution in [3.05, 3.63) is 76.7 Å². The molecule has 0 spiro atoms. The third-order valence-corrected chi connectivity index (χ3v) is 6.22. The van der Waals surface area contributed by atoms with E-state index in [-0.39, 0.29) is 23.0 Å². The molecule has 0 fully saturated rings. The van der Waals surface area contributed by atoms with Crippen LogP contribution in [0.4, 0.5) is 0 Å². The predicted molar refractivity (Wildman–Crippen MR) is 143 cm³/mol. The van der Waals surface area contributed by atoms with Crippen molar-refractivity contribution in [1.29, 1.82) is 0 Å². The van der Waals surface area contributed by atoms with Crippen molar-refractivity contribution in [2.75, 3.05) is 27.9 Å². The van der Waals surface area contributed by atoms with Crippen LogP contribution in [-0.4, -0.2) is 39.7 Å². The van der Waals surface area contributed by atoms with Gasteiger partial charge in [0.2, 0.25) is 11.5 Å². The third kappa shape index (κ3) is 4.63. The average molecular weight is 531 g/mol. The van der Waals surface area contributed by atoms with E-state index < -0.39 is 5.97 Å². The minimum Gasteiger partial charge on any atom is -0.494 e. The number of carbonyl (C=O) groups excluding carboxylic acids is 2. The topological polar surface area (TPSA) is 103 Å². The molecule has 9 heteroatoms. The van der Waals surface area contributed by atoms with E-state index in [1.54, 1.807) is 55.5 Å². The summed E-state index contributed by atoms with van der Waals surface area (Å²) in [6, 6.07) is 13.3. The maximum absolute atomic E-state index is 13.2. The van der Waals surface area contributed by atoms with E-state index in [4.69, 9.17) is 32.8 Å². The van der Waals surface area contributed by atoms with Gasteiger partial charge in [0.05, 0.1) is 33.5 Å². The molecule has 1 aliphatic heterocycles. The number of carbonyl (C=O) groups is 2. The summed E-state index contributed by atoms with van der Waals surface area (Å²) in [6.45, 7) is 4.07. The molecule has 1 aromatic heterocycles. The number of fused-ring (bicyclic) bond motifs is 2. The zero-order valence-electron chi connectivity index (χ0n) is 22.1. The summed E-state index contributed by atoms with van der Waals surface area (Å²) in [5, 5.41) is 0.588. The van der Waals surface area contributed by atoms with Gasteiger partial charge in [-0.15, -0.1) is 0 Å². The molecule has 39 heavy (non-hydrogen) atoms. The van der Waals surface area contributed by atoms with E-state index in [1.807, 2.05) is 6.92 Å². The van der Waals surface area contributed by atoms with E-state index in [2.05, 4.69) is 0 Å². The van der Waals surface area contributed by atoms with Gasteiger partial charge in [0.1, 0.15) is 34.2 Å². The van der Waals surface area contributed by atoms with Crippen molar-refractivity contribution in [1.82, 2.24) is 0 Å². The van der Waals surface area contributed by atoms with Crippen molar-refractivity contribution in [2.45, 2.75) is 13.8 Å². The Morgan fingerprint density at radius 3 is 2.41 bits per heavy atom. The molecule has 0 saturated heterocycles. The molecular weight excluding hydrogens is 504 g/mol. The second kappa shape index (κ2) is 10.4. The van der Waals surface area contributed by atoms with Crippen LogP contribution in [0.2, 0.25) is 0 Å². The first-order valence-corrected chi connectivity index (χ1v) is 12.1. The number of hydrogen-bond donors (Lipinski definition) is 0. The molecule has 0 bridgehead atoms. The summed E-state index contributed by atoms with van der Waals surface area (Å²) in [6.07, 6.45) is 1.56. The Morgan fingerprint density at radius 1 is 0.923 bits per heavy atom. The summed E-state index contributed by atoms with van der Waals surface area (Å²) >= 11 is 0. The Kier molecular flexibility index (Phi) is 6.89. The van der Waals surface area contributed by atoms with Crippen LogP contribution in [0.15, 0.2) is 58.7 Å². The monoisotopic (exact) mass is 530 g/mol. The van der Waals surface area contributed by atoms with Crippen LogP contribution in [0.5, 0.6) is 34.5 Å². The van der Waals surface area contributed by atoms with Crippen LogP contribution in [0.25, 0.3) is 17.0 Å². The van der Waals surface area contributed by atoms with Gasteiger partial charge in [0, 0.05) is 17.0 Å².